The van der Waals surface area contributed by atoms with Gasteiger partial charge in [0.1, 0.15) is 0 Å². The highest BCUT2D eigenvalue weighted by Gasteiger charge is 2.18. The number of hydrogen-bond acceptors (Lipinski definition) is 2. The topological polar surface area (TPSA) is 46.2 Å². The van der Waals surface area contributed by atoms with E-state index < -0.39 is 0 Å². The van der Waals surface area contributed by atoms with Crippen molar-refractivity contribution in [2.45, 2.75) is 45.6 Å². The molecule has 0 spiro atoms. The summed E-state index contributed by atoms with van der Waals surface area (Å²) in [5.41, 5.74) is 4.51. The predicted molar refractivity (Wildman–Crippen MR) is 122 cm³/mol. The molecule has 0 heterocycles. The standard InChI is InChI=1S/C27H29NO2/c1-19(26(30)28-18-20-13-15-24(16-14-20)27(2,3)4)22-11-8-12-23(17-22)25(29)21-9-6-5-7-10-21/h5-17,19H,18H2,1-4H3,(H,28,30)/t19-/m0/s1. The van der Waals surface area contributed by atoms with E-state index in [4.69, 9.17) is 0 Å². The SMILES string of the molecule is C[C@H](C(=O)NCc1ccc(C(C)(C)C)cc1)c1cccc(C(=O)c2ccccc2)c1. The van der Waals surface area contributed by atoms with Crippen molar-refractivity contribution in [2.24, 2.45) is 0 Å². The van der Waals surface area contributed by atoms with Crippen molar-refractivity contribution in [1.82, 2.24) is 5.32 Å². The van der Waals surface area contributed by atoms with Gasteiger partial charge < -0.3 is 5.32 Å². The van der Waals surface area contributed by atoms with Crippen LogP contribution in [-0.2, 0) is 16.8 Å². The van der Waals surface area contributed by atoms with E-state index in [-0.39, 0.29) is 23.0 Å². The molecule has 1 amide bonds. The minimum absolute atomic E-state index is 0.0380. The molecule has 0 aromatic heterocycles. The van der Waals surface area contributed by atoms with Crippen molar-refractivity contribution in [3.8, 4) is 0 Å². The van der Waals surface area contributed by atoms with E-state index in [0.717, 1.165) is 11.1 Å². The molecule has 3 rings (SSSR count). The van der Waals surface area contributed by atoms with Crippen molar-refractivity contribution >= 4 is 11.7 Å². The maximum absolute atomic E-state index is 12.7. The zero-order valence-corrected chi connectivity index (χ0v) is 18.1. The van der Waals surface area contributed by atoms with Gasteiger partial charge in [0.25, 0.3) is 0 Å². The van der Waals surface area contributed by atoms with Crippen LogP contribution >= 0.6 is 0 Å². The first-order valence-corrected chi connectivity index (χ1v) is 10.3. The van der Waals surface area contributed by atoms with Gasteiger partial charge in [0, 0.05) is 17.7 Å². The number of benzene rings is 3. The van der Waals surface area contributed by atoms with E-state index in [9.17, 15) is 9.59 Å². The van der Waals surface area contributed by atoms with Gasteiger partial charge in [0.05, 0.1) is 5.92 Å². The summed E-state index contributed by atoms with van der Waals surface area (Å²) in [5, 5.41) is 3.01. The van der Waals surface area contributed by atoms with Gasteiger partial charge in [-0.2, -0.15) is 0 Å². The number of nitrogens with one attached hydrogen (secondary N) is 1. The highest BCUT2D eigenvalue weighted by molar-refractivity contribution is 6.09. The Morgan fingerprint density at radius 3 is 2.10 bits per heavy atom. The van der Waals surface area contributed by atoms with E-state index in [0.29, 0.717) is 17.7 Å². The molecule has 30 heavy (non-hydrogen) atoms. The van der Waals surface area contributed by atoms with Gasteiger partial charge in [-0.1, -0.05) is 93.6 Å². The van der Waals surface area contributed by atoms with E-state index in [1.54, 1.807) is 18.2 Å². The molecule has 0 saturated heterocycles. The second kappa shape index (κ2) is 9.08. The number of carbonyl (C=O) groups excluding carboxylic acids is 2. The normalized spacial score (nSPS) is 12.3. The molecule has 0 aliphatic heterocycles. The van der Waals surface area contributed by atoms with Crippen molar-refractivity contribution in [1.29, 1.82) is 0 Å². The van der Waals surface area contributed by atoms with Gasteiger partial charge in [-0.15, -0.1) is 0 Å². The van der Waals surface area contributed by atoms with Gasteiger partial charge in [-0.3, -0.25) is 9.59 Å². The van der Waals surface area contributed by atoms with Crippen LogP contribution < -0.4 is 5.32 Å². The van der Waals surface area contributed by atoms with Crippen LogP contribution in [0.15, 0.2) is 78.9 Å². The Hall–Kier alpha value is -3.20. The first kappa shape index (κ1) is 21.5. The molecule has 0 aliphatic carbocycles. The smallest absolute Gasteiger partial charge is 0.227 e. The van der Waals surface area contributed by atoms with Crippen molar-refractivity contribution < 1.29 is 9.59 Å². The third kappa shape index (κ3) is 5.24. The van der Waals surface area contributed by atoms with Crippen LogP contribution in [0.5, 0.6) is 0 Å². The average molecular weight is 400 g/mol. The second-order valence-electron chi connectivity index (χ2n) is 8.71. The van der Waals surface area contributed by atoms with E-state index in [1.165, 1.54) is 5.56 Å². The van der Waals surface area contributed by atoms with Crippen LogP contribution in [0.4, 0.5) is 0 Å². The molecular weight excluding hydrogens is 370 g/mol. The maximum atomic E-state index is 12.7. The molecule has 3 aromatic carbocycles. The second-order valence-corrected chi connectivity index (χ2v) is 8.71. The summed E-state index contributed by atoms with van der Waals surface area (Å²) in [7, 11) is 0. The monoisotopic (exact) mass is 399 g/mol. The first-order valence-electron chi connectivity index (χ1n) is 10.3. The summed E-state index contributed by atoms with van der Waals surface area (Å²) in [6, 6.07) is 24.9. The van der Waals surface area contributed by atoms with Crippen LogP contribution in [-0.4, -0.2) is 11.7 Å². The third-order valence-corrected chi connectivity index (χ3v) is 5.36. The molecular formula is C27H29NO2. The van der Waals surface area contributed by atoms with Crippen LogP contribution in [0.25, 0.3) is 0 Å². The van der Waals surface area contributed by atoms with Gasteiger partial charge in [-0.25, -0.2) is 0 Å². The molecule has 0 bridgehead atoms. The molecule has 3 heteroatoms. The number of hydrogen-bond donors (Lipinski definition) is 1. The molecule has 3 nitrogen and oxygen atoms in total. The lowest BCUT2D eigenvalue weighted by Crippen LogP contribution is -2.27. The van der Waals surface area contributed by atoms with Crippen LogP contribution in [0.1, 0.15) is 66.2 Å². The van der Waals surface area contributed by atoms with Crippen molar-refractivity contribution in [2.75, 3.05) is 0 Å². The zero-order valence-electron chi connectivity index (χ0n) is 18.1. The molecule has 1 atom stereocenters. The van der Waals surface area contributed by atoms with Gasteiger partial charge in [-0.05, 0) is 35.1 Å². The van der Waals surface area contributed by atoms with Crippen LogP contribution in [0.3, 0.4) is 0 Å². The van der Waals surface area contributed by atoms with Gasteiger partial charge in [0.2, 0.25) is 5.91 Å². The molecule has 1 N–H and O–H groups in total. The lowest BCUT2D eigenvalue weighted by molar-refractivity contribution is -0.122. The van der Waals surface area contributed by atoms with Crippen molar-refractivity contribution in [3.63, 3.8) is 0 Å². The zero-order chi connectivity index (χ0) is 21.7. The van der Waals surface area contributed by atoms with E-state index >= 15 is 0 Å². The summed E-state index contributed by atoms with van der Waals surface area (Å²) in [5.74, 6) is -0.439. The minimum atomic E-state index is -0.345. The average Bonchev–Trinajstić information content (AvgIpc) is 2.76. The Morgan fingerprint density at radius 1 is 0.833 bits per heavy atom. The summed E-state index contributed by atoms with van der Waals surface area (Å²) in [6.07, 6.45) is 0. The predicted octanol–water partition coefficient (Wildman–Crippen LogP) is 5.64. The lowest BCUT2D eigenvalue weighted by atomic mass is 9.87. The van der Waals surface area contributed by atoms with E-state index in [1.807, 2.05) is 43.3 Å². The fraction of sp³-hybridized carbons (Fsp3) is 0.259. The third-order valence-electron chi connectivity index (χ3n) is 5.36. The molecule has 154 valence electrons. The van der Waals surface area contributed by atoms with Crippen LogP contribution in [0, 0.1) is 0 Å². The fourth-order valence-corrected chi connectivity index (χ4v) is 3.32. The Balaban J connectivity index is 1.65. The lowest BCUT2D eigenvalue weighted by Gasteiger charge is -2.19. The Labute approximate surface area is 179 Å². The Morgan fingerprint density at radius 2 is 1.47 bits per heavy atom. The highest BCUT2D eigenvalue weighted by atomic mass is 16.1. The number of rotatable bonds is 6. The molecule has 0 fully saturated rings. The van der Waals surface area contributed by atoms with Crippen LogP contribution in [0.2, 0.25) is 0 Å². The molecule has 0 unspecified atom stereocenters. The number of carbonyl (C=O) groups is 2. The molecule has 0 radical (unpaired) electrons. The summed E-state index contributed by atoms with van der Waals surface area (Å²) in [6.45, 7) is 8.90. The first-order chi connectivity index (χ1) is 14.3. The van der Waals surface area contributed by atoms with E-state index in [2.05, 4.69) is 50.4 Å². The fourth-order valence-electron chi connectivity index (χ4n) is 3.32. The quantitative estimate of drug-likeness (QED) is 0.546. The minimum Gasteiger partial charge on any atom is -0.352 e. The number of amides is 1. The van der Waals surface area contributed by atoms with Gasteiger partial charge in [0.15, 0.2) is 5.78 Å². The summed E-state index contributed by atoms with van der Waals surface area (Å²) in [4.78, 5) is 25.4. The molecule has 3 aromatic rings. The highest BCUT2D eigenvalue weighted by Crippen LogP contribution is 2.22. The molecule has 0 saturated carbocycles. The van der Waals surface area contributed by atoms with Crippen molar-refractivity contribution in [3.05, 3.63) is 107 Å². The maximum Gasteiger partial charge on any atom is 0.227 e. The summed E-state index contributed by atoms with van der Waals surface area (Å²) < 4.78 is 0. The Bertz CT molecular complexity index is 1010. The van der Waals surface area contributed by atoms with Gasteiger partial charge >= 0.3 is 0 Å². The Kier molecular flexibility index (Phi) is 6.51. The number of ketones is 1. The largest absolute Gasteiger partial charge is 0.352 e. The summed E-state index contributed by atoms with van der Waals surface area (Å²) >= 11 is 0. The molecule has 0 aliphatic rings.